The fourth-order valence-corrected chi connectivity index (χ4v) is 1.88. The molecule has 4 nitrogen and oxygen atoms in total. The van der Waals surface area contributed by atoms with Crippen molar-refractivity contribution in [3.63, 3.8) is 0 Å². The number of aliphatic carboxylic acids is 1. The number of carboxylic acids is 1. The maximum absolute atomic E-state index is 11.1. The summed E-state index contributed by atoms with van der Waals surface area (Å²) in [6, 6.07) is 5.25. The van der Waals surface area contributed by atoms with Gasteiger partial charge in [-0.2, -0.15) is 0 Å². The second kappa shape index (κ2) is 6.40. The largest absolute Gasteiger partial charge is 0.480 e. The van der Waals surface area contributed by atoms with Gasteiger partial charge in [-0.1, -0.05) is 32.0 Å². The van der Waals surface area contributed by atoms with Gasteiger partial charge in [-0.25, -0.2) is 4.79 Å². The van der Waals surface area contributed by atoms with E-state index in [9.17, 15) is 4.79 Å². The molecule has 2 N–H and O–H groups in total. The summed E-state index contributed by atoms with van der Waals surface area (Å²) in [6.07, 6.45) is 0. The SMILES string of the molecule is COCC(Nc1c(C)cccc1C(C)C)C(=O)O. The van der Waals surface area contributed by atoms with Crippen LogP contribution in [-0.4, -0.2) is 30.8 Å². The van der Waals surface area contributed by atoms with Gasteiger partial charge in [0.05, 0.1) is 6.61 Å². The third kappa shape index (κ3) is 3.47. The lowest BCUT2D eigenvalue weighted by atomic mass is 9.97. The van der Waals surface area contributed by atoms with Crippen molar-refractivity contribution < 1.29 is 14.6 Å². The molecule has 0 fully saturated rings. The van der Waals surface area contributed by atoms with Crippen molar-refractivity contribution in [2.75, 3.05) is 19.0 Å². The third-order valence-electron chi connectivity index (χ3n) is 2.88. The van der Waals surface area contributed by atoms with E-state index in [1.165, 1.54) is 7.11 Å². The molecular weight excluding hydrogens is 230 g/mol. The Morgan fingerprint density at radius 1 is 1.44 bits per heavy atom. The normalized spacial score (nSPS) is 12.5. The van der Waals surface area contributed by atoms with Crippen molar-refractivity contribution in [1.29, 1.82) is 0 Å². The number of carbonyl (C=O) groups is 1. The van der Waals surface area contributed by atoms with E-state index in [-0.39, 0.29) is 6.61 Å². The lowest BCUT2D eigenvalue weighted by molar-refractivity contribution is -0.139. The van der Waals surface area contributed by atoms with Gasteiger partial charge in [0.1, 0.15) is 6.04 Å². The summed E-state index contributed by atoms with van der Waals surface area (Å²) in [4.78, 5) is 11.1. The molecule has 1 unspecified atom stereocenters. The van der Waals surface area contributed by atoms with Gasteiger partial charge in [0.25, 0.3) is 0 Å². The van der Waals surface area contributed by atoms with Crippen molar-refractivity contribution in [3.05, 3.63) is 29.3 Å². The molecule has 0 amide bonds. The summed E-state index contributed by atoms with van der Waals surface area (Å²) in [7, 11) is 1.50. The monoisotopic (exact) mass is 251 g/mol. The van der Waals surface area contributed by atoms with Gasteiger partial charge < -0.3 is 15.2 Å². The summed E-state index contributed by atoms with van der Waals surface area (Å²) >= 11 is 0. The first-order chi connectivity index (χ1) is 8.47. The van der Waals surface area contributed by atoms with Crippen LogP contribution in [0.1, 0.15) is 30.9 Å². The van der Waals surface area contributed by atoms with E-state index in [4.69, 9.17) is 9.84 Å². The number of aryl methyl sites for hydroxylation is 1. The summed E-state index contributed by atoms with van der Waals surface area (Å²) in [5.41, 5.74) is 3.07. The maximum Gasteiger partial charge on any atom is 0.328 e. The zero-order chi connectivity index (χ0) is 13.7. The van der Waals surface area contributed by atoms with Gasteiger partial charge >= 0.3 is 5.97 Å². The van der Waals surface area contributed by atoms with Gasteiger partial charge in [-0.3, -0.25) is 0 Å². The topological polar surface area (TPSA) is 58.6 Å². The molecule has 0 aliphatic carbocycles. The lowest BCUT2D eigenvalue weighted by Gasteiger charge is -2.21. The smallest absolute Gasteiger partial charge is 0.328 e. The van der Waals surface area contributed by atoms with E-state index in [1.807, 2.05) is 25.1 Å². The Morgan fingerprint density at radius 2 is 2.11 bits per heavy atom. The Balaban J connectivity index is 3.04. The first kappa shape index (κ1) is 14.5. The van der Waals surface area contributed by atoms with Crippen LogP contribution in [0.25, 0.3) is 0 Å². The van der Waals surface area contributed by atoms with E-state index >= 15 is 0 Å². The lowest BCUT2D eigenvalue weighted by Crippen LogP contribution is -2.34. The second-order valence-corrected chi connectivity index (χ2v) is 4.68. The highest BCUT2D eigenvalue weighted by molar-refractivity contribution is 5.78. The van der Waals surface area contributed by atoms with Crippen LogP contribution in [0, 0.1) is 6.92 Å². The molecular formula is C14H21NO3. The fourth-order valence-electron chi connectivity index (χ4n) is 1.88. The second-order valence-electron chi connectivity index (χ2n) is 4.68. The molecule has 0 aliphatic rings. The van der Waals surface area contributed by atoms with Crippen LogP contribution < -0.4 is 5.32 Å². The predicted molar refractivity (Wildman–Crippen MR) is 72.2 cm³/mol. The number of rotatable bonds is 6. The number of nitrogens with one attached hydrogen (secondary N) is 1. The average Bonchev–Trinajstić information content (AvgIpc) is 2.30. The molecule has 0 heterocycles. The van der Waals surface area contributed by atoms with Crippen LogP contribution in [0.2, 0.25) is 0 Å². The van der Waals surface area contributed by atoms with Crippen LogP contribution in [0.3, 0.4) is 0 Å². The minimum absolute atomic E-state index is 0.140. The molecule has 4 heteroatoms. The molecule has 0 saturated carbocycles. The molecule has 1 aromatic carbocycles. The number of para-hydroxylation sites is 1. The molecule has 0 spiro atoms. The summed E-state index contributed by atoms with van der Waals surface area (Å²) in [6.45, 7) is 6.29. The van der Waals surface area contributed by atoms with Crippen molar-refractivity contribution in [1.82, 2.24) is 0 Å². The minimum Gasteiger partial charge on any atom is -0.480 e. The number of carboxylic acid groups (broad SMARTS) is 1. The minimum atomic E-state index is -0.908. The number of ether oxygens (including phenoxy) is 1. The van der Waals surface area contributed by atoms with Crippen molar-refractivity contribution in [3.8, 4) is 0 Å². The summed E-state index contributed by atoms with van der Waals surface area (Å²) in [5, 5.41) is 12.2. The third-order valence-corrected chi connectivity index (χ3v) is 2.88. The Morgan fingerprint density at radius 3 is 2.61 bits per heavy atom. The van der Waals surface area contributed by atoms with Crippen molar-refractivity contribution >= 4 is 11.7 Å². The van der Waals surface area contributed by atoms with E-state index in [2.05, 4.69) is 19.2 Å². The number of hydrogen-bond donors (Lipinski definition) is 2. The van der Waals surface area contributed by atoms with Gasteiger partial charge in [0.2, 0.25) is 0 Å². The first-order valence-electron chi connectivity index (χ1n) is 6.05. The molecule has 0 aliphatic heterocycles. The van der Waals surface area contributed by atoms with Crippen molar-refractivity contribution in [2.24, 2.45) is 0 Å². The van der Waals surface area contributed by atoms with Crippen LogP contribution in [-0.2, 0) is 9.53 Å². The highest BCUT2D eigenvalue weighted by atomic mass is 16.5. The molecule has 0 saturated heterocycles. The fraction of sp³-hybridized carbons (Fsp3) is 0.500. The van der Waals surface area contributed by atoms with Gasteiger partial charge in [-0.05, 0) is 24.0 Å². The quantitative estimate of drug-likeness (QED) is 0.816. The molecule has 18 heavy (non-hydrogen) atoms. The molecule has 100 valence electrons. The van der Waals surface area contributed by atoms with E-state index in [1.54, 1.807) is 0 Å². The standard InChI is InChI=1S/C14H21NO3/c1-9(2)11-7-5-6-10(3)13(11)15-12(8-18-4)14(16)17/h5-7,9,12,15H,8H2,1-4H3,(H,16,17). The highest BCUT2D eigenvalue weighted by Crippen LogP contribution is 2.27. The highest BCUT2D eigenvalue weighted by Gasteiger charge is 2.19. The predicted octanol–water partition coefficient (Wildman–Crippen LogP) is 2.63. The zero-order valence-electron chi connectivity index (χ0n) is 11.4. The zero-order valence-corrected chi connectivity index (χ0v) is 11.4. The van der Waals surface area contributed by atoms with Gasteiger partial charge in [0.15, 0.2) is 0 Å². The average molecular weight is 251 g/mol. The molecule has 0 radical (unpaired) electrons. The molecule has 1 atom stereocenters. The molecule has 1 rings (SSSR count). The molecule has 0 bridgehead atoms. The Labute approximate surface area is 108 Å². The maximum atomic E-state index is 11.1. The van der Waals surface area contributed by atoms with Crippen LogP contribution in [0.5, 0.6) is 0 Å². The Hall–Kier alpha value is -1.55. The molecule has 0 aromatic heterocycles. The number of benzene rings is 1. The van der Waals surface area contributed by atoms with Gasteiger partial charge in [0, 0.05) is 12.8 Å². The molecule has 1 aromatic rings. The Bertz CT molecular complexity index is 416. The Kier molecular flexibility index (Phi) is 5.16. The number of hydrogen-bond acceptors (Lipinski definition) is 3. The van der Waals surface area contributed by atoms with E-state index < -0.39 is 12.0 Å². The van der Waals surface area contributed by atoms with Crippen molar-refractivity contribution in [2.45, 2.75) is 32.7 Å². The van der Waals surface area contributed by atoms with Gasteiger partial charge in [-0.15, -0.1) is 0 Å². The summed E-state index contributed by atoms with van der Waals surface area (Å²) < 4.78 is 4.93. The van der Waals surface area contributed by atoms with Crippen LogP contribution >= 0.6 is 0 Å². The number of methoxy groups -OCH3 is 1. The first-order valence-corrected chi connectivity index (χ1v) is 6.05. The number of anilines is 1. The summed E-state index contributed by atoms with van der Waals surface area (Å²) in [5.74, 6) is -0.570. The van der Waals surface area contributed by atoms with E-state index in [0.717, 1.165) is 16.8 Å². The van der Waals surface area contributed by atoms with Crippen LogP contribution in [0.4, 0.5) is 5.69 Å². The van der Waals surface area contributed by atoms with Crippen LogP contribution in [0.15, 0.2) is 18.2 Å². The van der Waals surface area contributed by atoms with E-state index in [0.29, 0.717) is 5.92 Å².